The fraction of sp³-hybridized carbons (Fsp3) is 0.308. The monoisotopic (exact) mass is 1090 g/mol. The predicted molar refractivity (Wildman–Crippen MR) is 360 cm³/mol. The molecular formula is C78H84BN3O. The van der Waals surface area contributed by atoms with Crippen molar-refractivity contribution in [1.29, 1.82) is 0 Å². The minimum absolute atomic E-state index is 0.0184. The Morgan fingerprint density at radius 2 is 0.771 bits per heavy atom. The highest BCUT2D eigenvalue weighted by Crippen LogP contribution is 2.53. The second kappa shape index (κ2) is 19.4. The Kier molecular flexibility index (Phi) is 13.0. The van der Waals surface area contributed by atoms with Gasteiger partial charge >= 0.3 is 0 Å². The Hall–Kier alpha value is -7.76. The first-order chi connectivity index (χ1) is 39.0. The van der Waals surface area contributed by atoms with Gasteiger partial charge in [-0.1, -0.05) is 252 Å². The average molecular weight is 1090 g/mol. The molecule has 83 heavy (non-hydrogen) atoms. The number of fused-ring (bicyclic) bond motifs is 7. The fourth-order valence-electron chi connectivity index (χ4n) is 13.2. The third kappa shape index (κ3) is 9.57. The molecule has 0 saturated heterocycles. The minimum atomic E-state index is -0.177. The van der Waals surface area contributed by atoms with Gasteiger partial charge in [0.2, 0.25) is 0 Å². The van der Waals surface area contributed by atoms with Crippen LogP contribution in [0, 0.1) is 0 Å². The molecule has 10 aromatic rings. The van der Waals surface area contributed by atoms with Gasteiger partial charge in [-0.15, -0.1) is 0 Å². The lowest BCUT2D eigenvalue weighted by atomic mass is 9.33. The molecule has 5 heteroatoms. The summed E-state index contributed by atoms with van der Waals surface area (Å²) in [7, 11) is 0. The van der Waals surface area contributed by atoms with Gasteiger partial charge in [-0.05, 0) is 131 Å². The molecule has 2 aliphatic heterocycles. The number of furan rings is 1. The first kappa shape index (κ1) is 55.8. The third-order valence-electron chi connectivity index (χ3n) is 17.7. The van der Waals surface area contributed by atoms with Crippen molar-refractivity contribution in [3.63, 3.8) is 0 Å². The standard InChI is InChI=1S/C78H84BN3O/c1-73(2,3)49-37-41-52(42-38-49)80-66-43-39-50(74(4,5)6)45-61(66)79-62-46-51(75(7,8)9)40-44-67(62)82(63-34-22-19-27-54(63)55-28-25-29-56-57-30-26-33-60(78(16,17)18)72(57)83-71(55)56)69-48-53(47-68(80)70(69)79)81(64-35-23-20-31-58(64)76(10,11)12)65-36-24-21-32-59(65)77(13,14)15/h19-48H,1-18H3. The lowest BCUT2D eigenvalue weighted by Gasteiger charge is -2.46. The number of para-hydroxylation sites is 5. The number of nitrogens with zero attached hydrogens (tertiary/aromatic N) is 3. The molecule has 0 amide bonds. The van der Waals surface area contributed by atoms with E-state index in [0.717, 1.165) is 72.9 Å². The maximum atomic E-state index is 7.26. The van der Waals surface area contributed by atoms with Gasteiger partial charge in [-0.3, -0.25) is 0 Å². The van der Waals surface area contributed by atoms with Crippen molar-refractivity contribution < 1.29 is 4.42 Å². The van der Waals surface area contributed by atoms with E-state index in [4.69, 9.17) is 4.42 Å². The zero-order chi connectivity index (χ0) is 59.1. The van der Waals surface area contributed by atoms with Crippen LogP contribution in [0.2, 0.25) is 0 Å². The van der Waals surface area contributed by atoms with Crippen molar-refractivity contribution in [3.05, 3.63) is 215 Å². The second-order valence-corrected chi connectivity index (χ2v) is 29.9. The van der Waals surface area contributed by atoms with Gasteiger partial charge in [0.05, 0.1) is 11.4 Å². The highest BCUT2D eigenvalue weighted by atomic mass is 16.3. The Morgan fingerprint density at radius 3 is 1.30 bits per heavy atom. The summed E-state index contributed by atoms with van der Waals surface area (Å²) in [5.41, 5.74) is 25.2. The van der Waals surface area contributed by atoms with E-state index in [2.05, 4.69) is 321 Å². The Bertz CT molecular complexity index is 4110. The molecule has 420 valence electrons. The van der Waals surface area contributed by atoms with Gasteiger partial charge in [0.25, 0.3) is 6.71 Å². The zero-order valence-electron chi connectivity index (χ0n) is 52.6. The quantitative estimate of drug-likeness (QED) is 0.155. The van der Waals surface area contributed by atoms with E-state index in [9.17, 15) is 0 Å². The molecule has 0 unspecified atom stereocenters. The smallest absolute Gasteiger partial charge is 0.252 e. The average Bonchev–Trinajstić information content (AvgIpc) is 1.14. The van der Waals surface area contributed by atoms with Gasteiger partial charge in [0.1, 0.15) is 11.2 Å². The highest BCUT2D eigenvalue weighted by molar-refractivity contribution is 7.00. The normalized spacial score (nSPS) is 13.8. The maximum Gasteiger partial charge on any atom is 0.252 e. The van der Waals surface area contributed by atoms with Crippen LogP contribution in [0.5, 0.6) is 0 Å². The SMILES string of the molecule is CC(C)(C)c1ccc(N2c3ccc(C(C)(C)C)cc3B3c4cc(C(C)(C)C)ccc4N(c4ccccc4-c4cccc5c4oc4c(C(C)(C)C)cccc45)c4cc(N(c5ccccc5C(C)(C)C)c5ccccc5C(C)(C)C)cc2c43)cc1. The van der Waals surface area contributed by atoms with Gasteiger partial charge < -0.3 is 19.1 Å². The van der Waals surface area contributed by atoms with Crippen LogP contribution in [-0.2, 0) is 32.5 Å². The fourth-order valence-corrected chi connectivity index (χ4v) is 13.2. The molecule has 0 spiro atoms. The Morgan fingerprint density at radius 1 is 0.337 bits per heavy atom. The van der Waals surface area contributed by atoms with Crippen LogP contribution in [-0.4, -0.2) is 6.71 Å². The minimum Gasteiger partial charge on any atom is -0.455 e. The van der Waals surface area contributed by atoms with E-state index in [1.165, 1.54) is 61.1 Å². The molecule has 1 aromatic heterocycles. The molecule has 0 fully saturated rings. The van der Waals surface area contributed by atoms with Crippen LogP contribution in [0.15, 0.2) is 186 Å². The van der Waals surface area contributed by atoms with E-state index in [1.54, 1.807) is 0 Å². The van der Waals surface area contributed by atoms with E-state index < -0.39 is 0 Å². The lowest BCUT2D eigenvalue weighted by molar-refractivity contribution is 0.573. The van der Waals surface area contributed by atoms with Gasteiger partial charge in [0.15, 0.2) is 0 Å². The molecule has 2 aliphatic rings. The molecule has 0 radical (unpaired) electrons. The Balaban J connectivity index is 1.26. The van der Waals surface area contributed by atoms with Gasteiger partial charge in [-0.25, -0.2) is 0 Å². The van der Waals surface area contributed by atoms with Crippen LogP contribution >= 0.6 is 0 Å². The molecule has 3 heterocycles. The van der Waals surface area contributed by atoms with Gasteiger partial charge in [0, 0.05) is 67.3 Å². The first-order valence-corrected chi connectivity index (χ1v) is 30.2. The van der Waals surface area contributed by atoms with Crippen molar-refractivity contribution in [1.82, 2.24) is 0 Å². The summed E-state index contributed by atoms with van der Waals surface area (Å²) < 4.78 is 7.26. The predicted octanol–water partition coefficient (Wildman–Crippen LogP) is 20.6. The van der Waals surface area contributed by atoms with Crippen LogP contribution in [0.1, 0.15) is 158 Å². The number of anilines is 9. The molecule has 0 saturated carbocycles. The van der Waals surface area contributed by atoms with Crippen LogP contribution in [0.3, 0.4) is 0 Å². The summed E-state index contributed by atoms with van der Waals surface area (Å²) in [5.74, 6) is 0. The van der Waals surface area contributed by atoms with Crippen LogP contribution < -0.4 is 31.1 Å². The van der Waals surface area contributed by atoms with Crippen molar-refractivity contribution in [2.75, 3.05) is 14.7 Å². The van der Waals surface area contributed by atoms with Crippen molar-refractivity contribution in [2.45, 2.75) is 157 Å². The molecular weight excluding hydrogens is 1010 g/mol. The number of hydrogen-bond donors (Lipinski definition) is 0. The summed E-state index contributed by atoms with van der Waals surface area (Å²) in [6.07, 6.45) is 0. The number of benzene rings is 9. The second-order valence-electron chi connectivity index (χ2n) is 29.9. The highest BCUT2D eigenvalue weighted by Gasteiger charge is 2.46. The summed E-state index contributed by atoms with van der Waals surface area (Å²) in [5, 5.41) is 2.27. The zero-order valence-corrected chi connectivity index (χ0v) is 52.6. The maximum absolute atomic E-state index is 7.26. The van der Waals surface area contributed by atoms with Crippen molar-refractivity contribution in [2.24, 2.45) is 0 Å². The van der Waals surface area contributed by atoms with Crippen LogP contribution in [0.25, 0.3) is 33.1 Å². The largest absolute Gasteiger partial charge is 0.455 e. The molecule has 0 atom stereocenters. The number of rotatable bonds is 6. The van der Waals surface area contributed by atoms with Crippen LogP contribution in [0.4, 0.5) is 51.2 Å². The Labute approximate surface area is 496 Å². The molecule has 0 bridgehead atoms. The summed E-state index contributed by atoms with van der Waals surface area (Å²) in [6, 6.07) is 69.9. The molecule has 4 nitrogen and oxygen atoms in total. The first-order valence-electron chi connectivity index (χ1n) is 30.2. The molecule has 0 N–H and O–H groups in total. The van der Waals surface area contributed by atoms with Crippen molar-refractivity contribution in [3.8, 4) is 11.1 Å². The van der Waals surface area contributed by atoms with E-state index in [1.807, 2.05) is 0 Å². The van der Waals surface area contributed by atoms with E-state index >= 15 is 0 Å². The van der Waals surface area contributed by atoms with Gasteiger partial charge in [-0.2, -0.15) is 0 Å². The summed E-state index contributed by atoms with van der Waals surface area (Å²) in [4.78, 5) is 7.82. The summed E-state index contributed by atoms with van der Waals surface area (Å²) >= 11 is 0. The third-order valence-corrected chi connectivity index (χ3v) is 17.7. The molecule has 12 rings (SSSR count). The van der Waals surface area contributed by atoms with E-state index in [-0.39, 0.29) is 39.2 Å². The topological polar surface area (TPSA) is 22.9 Å². The summed E-state index contributed by atoms with van der Waals surface area (Å²) in [6.45, 7) is 41.8. The molecule has 9 aromatic carbocycles. The molecule has 0 aliphatic carbocycles. The van der Waals surface area contributed by atoms with Crippen molar-refractivity contribution >= 4 is 96.2 Å². The number of hydrogen-bond acceptors (Lipinski definition) is 4. The van der Waals surface area contributed by atoms with E-state index in [0.29, 0.717) is 0 Å². The lowest BCUT2D eigenvalue weighted by Crippen LogP contribution is -2.61.